The van der Waals surface area contributed by atoms with Crippen molar-refractivity contribution < 1.29 is 14.6 Å². The molecule has 3 aromatic rings. The van der Waals surface area contributed by atoms with E-state index in [-0.39, 0.29) is 27.7 Å². The third kappa shape index (κ3) is 2.84. The van der Waals surface area contributed by atoms with E-state index >= 15 is 0 Å². The number of benzene rings is 2. The number of hydrogen-bond donors (Lipinski definition) is 1. The van der Waals surface area contributed by atoms with Crippen LogP contribution in [0.2, 0.25) is 0 Å². The predicted molar refractivity (Wildman–Crippen MR) is 82.8 cm³/mol. The fraction of sp³-hybridized carbons (Fsp3) is 0. The highest BCUT2D eigenvalue weighted by atomic mass is 32.2. The van der Waals surface area contributed by atoms with E-state index in [1.807, 2.05) is 30.3 Å². The van der Waals surface area contributed by atoms with Crippen molar-refractivity contribution in [3.63, 3.8) is 0 Å². The number of para-hydroxylation sites is 1. The van der Waals surface area contributed by atoms with Crippen LogP contribution in [0.1, 0.15) is 0 Å². The maximum Gasteiger partial charge on any atom is 0.354 e. The Balaban J connectivity index is 2.02. The van der Waals surface area contributed by atoms with Gasteiger partial charge in [-0.15, -0.1) is 0 Å². The Labute approximate surface area is 130 Å². The van der Waals surface area contributed by atoms with Crippen molar-refractivity contribution in [3.8, 4) is 22.8 Å². The molecule has 109 valence electrons. The van der Waals surface area contributed by atoms with Crippen LogP contribution in [0.25, 0.3) is 11.3 Å². The molecule has 1 N–H and O–H groups in total. The third-order valence-corrected chi connectivity index (χ3v) is 4.09. The molecule has 0 aliphatic rings. The Bertz CT molecular complexity index is 856. The molecule has 3 rings (SSSR count). The largest absolute Gasteiger partial charge is 0.506 e. The molecule has 4 nitrogen and oxygen atoms in total. The lowest BCUT2D eigenvalue weighted by Crippen LogP contribution is -2.02. The first-order chi connectivity index (χ1) is 10.6. The Morgan fingerprint density at radius 2 is 1.64 bits per heavy atom. The highest BCUT2D eigenvalue weighted by Gasteiger charge is 2.16. The van der Waals surface area contributed by atoms with E-state index in [4.69, 9.17) is 4.42 Å². The first-order valence-corrected chi connectivity index (χ1v) is 7.33. The normalized spacial score (nSPS) is 10.5. The van der Waals surface area contributed by atoms with Gasteiger partial charge in [-0.2, -0.15) is 0 Å². The van der Waals surface area contributed by atoms with Crippen LogP contribution >= 0.6 is 11.8 Å². The molecule has 0 unspecified atom stereocenters. The smallest absolute Gasteiger partial charge is 0.354 e. The van der Waals surface area contributed by atoms with Gasteiger partial charge in [-0.3, -0.25) is 5.11 Å². The molecule has 0 fully saturated rings. The number of aromatic hydroxyl groups is 1. The molecule has 0 atom stereocenters. The van der Waals surface area contributed by atoms with Gasteiger partial charge in [-0.1, -0.05) is 42.1 Å². The van der Waals surface area contributed by atoms with Crippen LogP contribution in [0.4, 0.5) is 0 Å². The second-order valence-electron chi connectivity index (χ2n) is 4.52. The maximum absolute atomic E-state index is 12.1. The molecule has 0 aliphatic carbocycles. The third-order valence-electron chi connectivity index (χ3n) is 3.00. The van der Waals surface area contributed by atoms with Crippen molar-refractivity contribution in [3.05, 3.63) is 71.1 Å². The van der Waals surface area contributed by atoms with Crippen LogP contribution in [0, 0.1) is 0 Å². The van der Waals surface area contributed by atoms with E-state index in [0.29, 0.717) is 0 Å². The molecule has 0 amide bonds. The SMILES string of the molecule is [O]c1ccccc1-c1cc(O)c(Sc2ccccc2)c(=O)o1. The summed E-state index contributed by atoms with van der Waals surface area (Å²) in [6.45, 7) is 0. The van der Waals surface area contributed by atoms with Gasteiger partial charge >= 0.3 is 5.63 Å². The van der Waals surface area contributed by atoms with E-state index in [9.17, 15) is 15.0 Å². The summed E-state index contributed by atoms with van der Waals surface area (Å²) >= 11 is 1.11. The molecule has 0 spiro atoms. The van der Waals surface area contributed by atoms with E-state index in [1.165, 1.54) is 12.1 Å². The van der Waals surface area contributed by atoms with Gasteiger partial charge in [0.15, 0.2) is 5.75 Å². The molecular weight excluding hydrogens is 300 g/mol. The summed E-state index contributed by atoms with van der Waals surface area (Å²) in [5, 5.41) is 21.9. The summed E-state index contributed by atoms with van der Waals surface area (Å²) in [6.07, 6.45) is 0. The van der Waals surface area contributed by atoms with Crippen LogP contribution in [0.5, 0.6) is 11.5 Å². The minimum atomic E-state index is -0.674. The summed E-state index contributed by atoms with van der Waals surface area (Å²) in [7, 11) is 0. The zero-order valence-electron chi connectivity index (χ0n) is 11.4. The van der Waals surface area contributed by atoms with E-state index < -0.39 is 5.63 Å². The van der Waals surface area contributed by atoms with Gasteiger partial charge in [-0.05, 0) is 24.3 Å². The molecular formula is C17H11O4S. The lowest BCUT2D eigenvalue weighted by Gasteiger charge is -2.06. The van der Waals surface area contributed by atoms with Crippen LogP contribution < -0.4 is 5.63 Å². The summed E-state index contributed by atoms with van der Waals surface area (Å²) in [6, 6.07) is 16.7. The molecule has 0 saturated carbocycles. The molecule has 0 saturated heterocycles. The first-order valence-electron chi connectivity index (χ1n) is 6.51. The Morgan fingerprint density at radius 1 is 0.955 bits per heavy atom. The molecule has 1 heterocycles. The average Bonchev–Trinajstić information content (AvgIpc) is 2.52. The fourth-order valence-corrected chi connectivity index (χ4v) is 2.79. The Kier molecular flexibility index (Phi) is 3.89. The fourth-order valence-electron chi connectivity index (χ4n) is 1.97. The van der Waals surface area contributed by atoms with Crippen LogP contribution in [-0.2, 0) is 5.11 Å². The maximum atomic E-state index is 12.1. The molecule has 1 aromatic heterocycles. The molecule has 22 heavy (non-hydrogen) atoms. The second-order valence-corrected chi connectivity index (χ2v) is 5.61. The van der Waals surface area contributed by atoms with Gasteiger partial charge in [0, 0.05) is 11.0 Å². The summed E-state index contributed by atoms with van der Waals surface area (Å²) in [4.78, 5) is 13.0. The monoisotopic (exact) mass is 311 g/mol. The van der Waals surface area contributed by atoms with Crippen molar-refractivity contribution >= 4 is 11.8 Å². The number of hydrogen-bond acceptors (Lipinski definition) is 4. The molecule has 0 bridgehead atoms. The highest BCUT2D eigenvalue weighted by molar-refractivity contribution is 7.99. The van der Waals surface area contributed by atoms with Gasteiger partial charge < -0.3 is 9.52 Å². The predicted octanol–water partition coefficient (Wildman–Crippen LogP) is 4.31. The number of rotatable bonds is 3. The zero-order valence-corrected chi connectivity index (χ0v) is 12.2. The molecule has 5 heteroatoms. The molecule has 2 aromatic carbocycles. The topological polar surface area (TPSA) is 70.3 Å². The van der Waals surface area contributed by atoms with E-state index in [0.717, 1.165) is 16.7 Å². The van der Waals surface area contributed by atoms with Crippen LogP contribution in [-0.4, -0.2) is 5.11 Å². The van der Waals surface area contributed by atoms with Gasteiger partial charge in [0.2, 0.25) is 0 Å². The van der Waals surface area contributed by atoms with Gasteiger partial charge in [-0.25, -0.2) is 4.79 Å². The minimum Gasteiger partial charge on any atom is -0.506 e. The first kappa shape index (κ1) is 14.3. The highest BCUT2D eigenvalue weighted by Crippen LogP contribution is 2.36. The lowest BCUT2D eigenvalue weighted by atomic mass is 10.1. The summed E-state index contributed by atoms with van der Waals surface area (Å²) < 4.78 is 5.19. The average molecular weight is 311 g/mol. The quantitative estimate of drug-likeness (QED) is 0.782. The van der Waals surface area contributed by atoms with Crippen molar-refractivity contribution in [2.24, 2.45) is 0 Å². The molecule has 1 radical (unpaired) electrons. The Morgan fingerprint density at radius 3 is 2.32 bits per heavy atom. The van der Waals surface area contributed by atoms with Crippen LogP contribution in [0.3, 0.4) is 0 Å². The summed E-state index contributed by atoms with van der Waals surface area (Å²) in [5.41, 5.74) is -0.432. The van der Waals surface area contributed by atoms with E-state index in [2.05, 4.69) is 0 Å². The lowest BCUT2D eigenvalue weighted by molar-refractivity contribution is 0.354. The van der Waals surface area contributed by atoms with Crippen molar-refractivity contribution in [2.45, 2.75) is 9.79 Å². The zero-order chi connectivity index (χ0) is 15.5. The summed E-state index contributed by atoms with van der Waals surface area (Å²) in [5.74, 6) is -0.414. The van der Waals surface area contributed by atoms with Crippen molar-refractivity contribution in [2.75, 3.05) is 0 Å². The Hall–Kier alpha value is -2.66. The molecule has 0 aliphatic heterocycles. The van der Waals surface area contributed by atoms with Crippen LogP contribution in [0.15, 0.2) is 79.7 Å². The second kappa shape index (κ2) is 5.99. The van der Waals surface area contributed by atoms with Gasteiger partial charge in [0.25, 0.3) is 0 Å². The van der Waals surface area contributed by atoms with E-state index in [1.54, 1.807) is 18.2 Å². The standard InChI is InChI=1S/C17H11O4S/c18-13-9-5-4-8-12(13)15-10-14(19)16(17(20)21-15)22-11-6-2-1-3-7-11/h1-10,19H. The van der Waals surface area contributed by atoms with Gasteiger partial charge in [0.1, 0.15) is 16.4 Å². The minimum absolute atomic E-state index is 0.0607. The van der Waals surface area contributed by atoms with Gasteiger partial charge in [0.05, 0.1) is 5.56 Å². The van der Waals surface area contributed by atoms with Crippen molar-refractivity contribution in [1.82, 2.24) is 0 Å². The van der Waals surface area contributed by atoms with Crippen molar-refractivity contribution in [1.29, 1.82) is 0 Å².